The van der Waals surface area contributed by atoms with E-state index in [1.807, 2.05) is 54.8 Å². The predicted octanol–water partition coefficient (Wildman–Crippen LogP) is 5.41. The van der Waals surface area contributed by atoms with E-state index in [2.05, 4.69) is 5.32 Å². The molecule has 1 aliphatic carbocycles. The standard InChI is InChI=1S/C26H30N2O3S/c1-19-11-13-20(14-12-19)25(26(30)27-21-7-3-2-4-8-21)28(18-22-9-5-15-31-22)24(29)17-23-10-6-16-32-23/h5-6,9-16,21,25H,2-4,7-8,17-18H2,1H3,(H,27,30). The van der Waals surface area contributed by atoms with E-state index in [-0.39, 0.29) is 30.8 Å². The molecular formula is C26H30N2O3S. The van der Waals surface area contributed by atoms with Gasteiger partial charge in [-0.05, 0) is 48.9 Å². The van der Waals surface area contributed by atoms with Crippen LogP contribution in [0.5, 0.6) is 0 Å². The molecule has 1 saturated carbocycles. The molecule has 168 valence electrons. The van der Waals surface area contributed by atoms with Gasteiger partial charge in [0.25, 0.3) is 0 Å². The molecule has 2 heterocycles. The lowest BCUT2D eigenvalue weighted by atomic mass is 9.94. The molecule has 2 aromatic heterocycles. The second-order valence-electron chi connectivity index (χ2n) is 8.51. The minimum Gasteiger partial charge on any atom is -0.467 e. The topological polar surface area (TPSA) is 62.6 Å². The van der Waals surface area contributed by atoms with Crippen molar-refractivity contribution in [2.45, 2.75) is 64.1 Å². The van der Waals surface area contributed by atoms with E-state index >= 15 is 0 Å². The maximum absolute atomic E-state index is 13.6. The highest BCUT2D eigenvalue weighted by molar-refractivity contribution is 7.10. The van der Waals surface area contributed by atoms with Gasteiger partial charge >= 0.3 is 0 Å². The fraction of sp³-hybridized carbons (Fsp3) is 0.385. The Kier molecular flexibility index (Phi) is 7.43. The Morgan fingerprint density at radius 1 is 1.09 bits per heavy atom. The molecule has 1 aliphatic rings. The van der Waals surface area contributed by atoms with Gasteiger partial charge in [0, 0.05) is 10.9 Å². The van der Waals surface area contributed by atoms with Crippen molar-refractivity contribution >= 4 is 23.2 Å². The molecule has 0 bridgehead atoms. The van der Waals surface area contributed by atoms with E-state index in [9.17, 15) is 9.59 Å². The molecule has 0 aliphatic heterocycles. The van der Waals surface area contributed by atoms with Gasteiger partial charge in [-0.25, -0.2) is 0 Å². The molecular weight excluding hydrogens is 420 g/mol. The average Bonchev–Trinajstić information content (AvgIpc) is 3.49. The molecule has 1 unspecified atom stereocenters. The molecule has 0 saturated heterocycles. The number of aryl methyl sites for hydroxylation is 1. The summed E-state index contributed by atoms with van der Waals surface area (Å²) in [4.78, 5) is 29.8. The third-order valence-corrected chi connectivity index (χ3v) is 6.91. The Balaban J connectivity index is 1.66. The number of nitrogens with zero attached hydrogens (tertiary/aromatic N) is 1. The molecule has 6 heteroatoms. The van der Waals surface area contributed by atoms with Crippen LogP contribution in [-0.2, 0) is 22.6 Å². The first-order valence-electron chi connectivity index (χ1n) is 11.3. The minimum absolute atomic E-state index is 0.0896. The van der Waals surface area contributed by atoms with Gasteiger partial charge in [0.1, 0.15) is 11.8 Å². The van der Waals surface area contributed by atoms with Crippen LogP contribution in [0.25, 0.3) is 0 Å². The van der Waals surface area contributed by atoms with E-state index in [1.165, 1.54) is 6.42 Å². The zero-order valence-corrected chi connectivity index (χ0v) is 19.3. The van der Waals surface area contributed by atoms with E-state index in [0.29, 0.717) is 5.76 Å². The summed E-state index contributed by atoms with van der Waals surface area (Å²) in [5.41, 5.74) is 1.93. The van der Waals surface area contributed by atoms with Crippen LogP contribution < -0.4 is 5.32 Å². The summed E-state index contributed by atoms with van der Waals surface area (Å²) in [6, 6.07) is 14.9. The Labute approximate surface area is 193 Å². The van der Waals surface area contributed by atoms with Gasteiger partial charge in [0.2, 0.25) is 11.8 Å². The number of furan rings is 1. The number of hydrogen-bond donors (Lipinski definition) is 1. The molecule has 1 fully saturated rings. The molecule has 1 N–H and O–H groups in total. The quantitative estimate of drug-likeness (QED) is 0.499. The van der Waals surface area contributed by atoms with Crippen molar-refractivity contribution in [1.82, 2.24) is 10.2 Å². The number of benzene rings is 1. The van der Waals surface area contributed by atoms with Crippen LogP contribution in [-0.4, -0.2) is 22.8 Å². The summed E-state index contributed by atoms with van der Waals surface area (Å²) >= 11 is 1.55. The monoisotopic (exact) mass is 450 g/mol. The van der Waals surface area contributed by atoms with Crippen LogP contribution in [0, 0.1) is 6.92 Å². The smallest absolute Gasteiger partial charge is 0.247 e. The lowest BCUT2D eigenvalue weighted by molar-refractivity contribution is -0.141. The molecule has 2 amide bonds. The molecule has 3 aromatic rings. The van der Waals surface area contributed by atoms with Crippen LogP contribution in [0.1, 0.15) is 59.9 Å². The number of rotatable bonds is 8. The Morgan fingerprint density at radius 2 is 1.88 bits per heavy atom. The first kappa shape index (κ1) is 22.3. The Hall–Kier alpha value is -2.86. The maximum Gasteiger partial charge on any atom is 0.247 e. The van der Waals surface area contributed by atoms with Gasteiger partial charge in [-0.3, -0.25) is 9.59 Å². The van der Waals surface area contributed by atoms with Crippen molar-refractivity contribution in [2.24, 2.45) is 0 Å². The number of hydrogen-bond acceptors (Lipinski definition) is 4. The van der Waals surface area contributed by atoms with Crippen LogP contribution in [0.4, 0.5) is 0 Å². The van der Waals surface area contributed by atoms with Gasteiger partial charge in [-0.15, -0.1) is 11.3 Å². The summed E-state index contributed by atoms with van der Waals surface area (Å²) in [5.74, 6) is 0.451. The molecule has 4 rings (SSSR count). The van der Waals surface area contributed by atoms with Crippen molar-refractivity contribution in [2.75, 3.05) is 0 Å². The molecule has 5 nitrogen and oxygen atoms in total. The van der Waals surface area contributed by atoms with Crippen LogP contribution in [0.15, 0.2) is 64.6 Å². The van der Waals surface area contributed by atoms with Crippen LogP contribution in [0.2, 0.25) is 0 Å². The van der Waals surface area contributed by atoms with Crippen molar-refractivity contribution < 1.29 is 14.0 Å². The summed E-state index contributed by atoms with van der Waals surface area (Å²) in [5, 5.41) is 5.21. The van der Waals surface area contributed by atoms with Crippen LogP contribution >= 0.6 is 11.3 Å². The Morgan fingerprint density at radius 3 is 2.53 bits per heavy atom. The maximum atomic E-state index is 13.6. The van der Waals surface area contributed by atoms with Crippen LogP contribution in [0.3, 0.4) is 0 Å². The normalized spacial score (nSPS) is 15.3. The van der Waals surface area contributed by atoms with Gasteiger partial charge in [-0.1, -0.05) is 55.2 Å². The summed E-state index contributed by atoms with van der Waals surface area (Å²) in [6.07, 6.45) is 7.33. The fourth-order valence-electron chi connectivity index (χ4n) is 4.31. The van der Waals surface area contributed by atoms with E-state index in [4.69, 9.17) is 4.42 Å². The SMILES string of the molecule is Cc1ccc(C(C(=O)NC2CCCCC2)N(Cc2ccco2)C(=O)Cc2cccs2)cc1. The fourth-order valence-corrected chi connectivity index (χ4v) is 5.00. The first-order valence-corrected chi connectivity index (χ1v) is 12.2. The number of thiophene rings is 1. The van der Waals surface area contributed by atoms with E-state index < -0.39 is 6.04 Å². The molecule has 0 spiro atoms. The van der Waals surface area contributed by atoms with Crippen molar-refractivity contribution in [3.05, 3.63) is 81.9 Å². The highest BCUT2D eigenvalue weighted by Crippen LogP contribution is 2.27. The zero-order chi connectivity index (χ0) is 22.3. The van der Waals surface area contributed by atoms with Gasteiger partial charge < -0.3 is 14.6 Å². The molecule has 1 aromatic carbocycles. The zero-order valence-electron chi connectivity index (χ0n) is 18.5. The number of amides is 2. The van der Waals surface area contributed by atoms with Gasteiger partial charge in [0.05, 0.1) is 19.2 Å². The number of carbonyl (C=O) groups excluding carboxylic acids is 2. The van der Waals surface area contributed by atoms with Crippen molar-refractivity contribution in [3.63, 3.8) is 0 Å². The van der Waals surface area contributed by atoms with E-state index in [1.54, 1.807) is 28.6 Å². The van der Waals surface area contributed by atoms with Gasteiger partial charge in [0.15, 0.2) is 0 Å². The lowest BCUT2D eigenvalue weighted by Crippen LogP contribution is -2.47. The summed E-state index contributed by atoms with van der Waals surface area (Å²) < 4.78 is 5.56. The van der Waals surface area contributed by atoms with Crippen molar-refractivity contribution in [3.8, 4) is 0 Å². The summed E-state index contributed by atoms with van der Waals surface area (Å²) in [7, 11) is 0. The highest BCUT2D eigenvalue weighted by atomic mass is 32.1. The average molecular weight is 451 g/mol. The summed E-state index contributed by atoms with van der Waals surface area (Å²) in [6.45, 7) is 2.26. The van der Waals surface area contributed by atoms with Crippen molar-refractivity contribution in [1.29, 1.82) is 0 Å². The lowest BCUT2D eigenvalue weighted by Gasteiger charge is -2.33. The molecule has 32 heavy (non-hydrogen) atoms. The third kappa shape index (κ3) is 5.68. The minimum atomic E-state index is -0.713. The second kappa shape index (κ2) is 10.6. The third-order valence-electron chi connectivity index (χ3n) is 6.04. The molecule has 1 atom stereocenters. The Bertz CT molecular complexity index is 990. The largest absolute Gasteiger partial charge is 0.467 e. The van der Waals surface area contributed by atoms with E-state index in [0.717, 1.165) is 41.7 Å². The van der Waals surface area contributed by atoms with Gasteiger partial charge in [-0.2, -0.15) is 0 Å². The number of nitrogens with one attached hydrogen (secondary N) is 1. The molecule has 0 radical (unpaired) electrons. The highest BCUT2D eigenvalue weighted by Gasteiger charge is 2.33. The second-order valence-corrected chi connectivity index (χ2v) is 9.55. The predicted molar refractivity (Wildman–Crippen MR) is 126 cm³/mol. The first-order chi connectivity index (χ1) is 15.6. The number of carbonyl (C=O) groups is 2.